The Morgan fingerprint density at radius 3 is 2.29 bits per heavy atom. The number of hydrogen-bond acceptors (Lipinski definition) is 5. The van der Waals surface area contributed by atoms with Gasteiger partial charge in [-0.1, -0.05) is 55.8 Å². The molecule has 1 amide bonds. The van der Waals surface area contributed by atoms with E-state index >= 15 is 0 Å². The molecule has 0 aliphatic rings. The molecule has 0 saturated heterocycles. The summed E-state index contributed by atoms with van der Waals surface area (Å²) >= 11 is 0. The molecule has 3 aromatic rings. The molecule has 0 unspecified atom stereocenters. The zero-order chi connectivity index (χ0) is 24.7. The summed E-state index contributed by atoms with van der Waals surface area (Å²) in [5.74, 6) is 0.327. The number of amides is 1. The minimum Gasteiger partial charge on any atom is -0.496 e. The fourth-order valence-electron chi connectivity index (χ4n) is 3.29. The molecule has 8 heteroatoms. The van der Waals surface area contributed by atoms with Crippen molar-refractivity contribution in [2.75, 3.05) is 18.0 Å². The van der Waals surface area contributed by atoms with Crippen LogP contribution in [0.25, 0.3) is 0 Å². The summed E-state index contributed by atoms with van der Waals surface area (Å²) in [5, 5.41) is 3.97. The number of methoxy groups -OCH3 is 1. The van der Waals surface area contributed by atoms with Crippen LogP contribution in [-0.2, 0) is 14.8 Å². The maximum atomic E-state index is 13.5. The molecule has 34 heavy (non-hydrogen) atoms. The second kappa shape index (κ2) is 11.0. The molecule has 0 radical (unpaired) electrons. The molecule has 3 rings (SSSR count). The molecule has 0 aliphatic heterocycles. The summed E-state index contributed by atoms with van der Waals surface area (Å²) in [5.41, 5.74) is 5.50. The molecule has 0 fully saturated rings. The van der Waals surface area contributed by atoms with Crippen LogP contribution in [-0.4, -0.2) is 34.2 Å². The van der Waals surface area contributed by atoms with Crippen molar-refractivity contribution >= 4 is 27.8 Å². The van der Waals surface area contributed by atoms with Crippen molar-refractivity contribution in [3.05, 3.63) is 89.5 Å². The molecule has 0 saturated carbocycles. The van der Waals surface area contributed by atoms with Crippen LogP contribution >= 0.6 is 0 Å². The minimum absolute atomic E-state index is 0.108. The highest BCUT2D eigenvalue weighted by Gasteiger charge is 2.27. The molecule has 178 valence electrons. The fourth-order valence-corrected chi connectivity index (χ4v) is 4.71. The molecule has 0 heterocycles. The molecular weight excluding hydrogens is 450 g/mol. The third-order valence-corrected chi connectivity index (χ3v) is 7.06. The number of hydrazone groups is 1. The predicted molar refractivity (Wildman–Crippen MR) is 135 cm³/mol. The van der Waals surface area contributed by atoms with E-state index < -0.39 is 22.5 Å². The Hall–Kier alpha value is -3.65. The molecule has 7 nitrogen and oxygen atoms in total. The van der Waals surface area contributed by atoms with Crippen LogP contribution < -0.4 is 14.5 Å². The van der Waals surface area contributed by atoms with Crippen molar-refractivity contribution < 1.29 is 17.9 Å². The van der Waals surface area contributed by atoms with Gasteiger partial charge in [0.2, 0.25) is 0 Å². The van der Waals surface area contributed by atoms with E-state index in [0.717, 1.165) is 15.4 Å². The first-order valence-electron chi connectivity index (χ1n) is 10.9. The van der Waals surface area contributed by atoms with Crippen molar-refractivity contribution in [1.82, 2.24) is 5.43 Å². The van der Waals surface area contributed by atoms with E-state index in [1.54, 1.807) is 43.5 Å². The lowest BCUT2D eigenvalue weighted by Crippen LogP contribution is -2.39. The van der Waals surface area contributed by atoms with Crippen molar-refractivity contribution in [3.63, 3.8) is 0 Å². The quantitative estimate of drug-likeness (QED) is 0.362. The second-order valence-corrected chi connectivity index (χ2v) is 9.97. The van der Waals surface area contributed by atoms with E-state index in [1.165, 1.54) is 18.3 Å². The van der Waals surface area contributed by atoms with Gasteiger partial charge in [0.05, 0.1) is 23.9 Å². The highest BCUT2D eigenvalue weighted by atomic mass is 32.2. The number of rotatable bonds is 9. The number of carbonyl (C=O) groups is 1. The number of benzene rings is 3. The zero-order valence-electron chi connectivity index (χ0n) is 19.7. The van der Waals surface area contributed by atoms with Gasteiger partial charge in [-0.2, -0.15) is 5.10 Å². The highest BCUT2D eigenvalue weighted by molar-refractivity contribution is 7.92. The highest BCUT2D eigenvalue weighted by Crippen LogP contribution is 2.26. The smallest absolute Gasteiger partial charge is 0.264 e. The molecule has 3 aromatic carbocycles. The number of anilines is 1. The van der Waals surface area contributed by atoms with Crippen LogP contribution in [0.15, 0.2) is 82.8 Å². The molecular formula is C26H29N3O4S. The van der Waals surface area contributed by atoms with Crippen molar-refractivity contribution in [1.29, 1.82) is 0 Å². The maximum absolute atomic E-state index is 13.5. The first-order valence-corrected chi connectivity index (χ1v) is 12.3. The number of nitrogens with one attached hydrogen (secondary N) is 1. The normalized spacial score (nSPS) is 11.6. The Labute approximate surface area is 201 Å². The van der Waals surface area contributed by atoms with Crippen LogP contribution in [0.3, 0.4) is 0 Å². The summed E-state index contributed by atoms with van der Waals surface area (Å²) in [4.78, 5) is 12.8. The third kappa shape index (κ3) is 6.02. The number of carbonyl (C=O) groups excluding carboxylic acids is 1. The van der Waals surface area contributed by atoms with E-state index in [0.29, 0.717) is 22.9 Å². The van der Waals surface area contributed by atoms with Crippen molar-refractivity contribution in [3.8, 4) is 5.75 Å². The van der Waals surface area contributed by atoms with Crippen LogP contribution in [0.1, 0.15) is 36.5 Å². The zero-order valence-corrected chi connectivity index (χ0v) is 20.5. The van der Waals surface area contributed by atoms with Gasteiger partial charge in [-0.05, 0) is 54.8 Å². The topological polar surface area (TPSA) is 88.1 Å². The maximum Gasteiger partial charge on any atom is 0.264 e. The summed E-state index contributed by atoms with van der Waals surface area (Å²) in [6.45, 7) is 5.57. The monoisotopic (exact) mass is 479 g/mol. The van der Waals surface area contributed by atoms with Gasteiger partial charge in [-0.15, -0.1) is 0 Å². The van der Waals surface area contributed by atoms with Gasteiger partial charge in [0.25, 0.3) is 15.9 Å². The number of aryl methyl sites for hydroxylation is 1. The van der Waals surface area contributed by atoms with Gasteiger partial charge in [0.15, 0.2) is 0 Å². The van der Waals surface area contributed by atoms with E-state index in [-0.39, 0.29) is 4.90 Å². The molecule has 0 aromatic heterocycles. The number of hydrogen-bond donors (Lipinski definition) is 1. The van der Waals surface area contributed by atoms with Crippen LogP contribution in [0.5, 0.6) is 5.75 Å². The average Bonchev–Trinajstić information content (AvgIpc) is 2.83. The molecule has 0 bridgehead atoms. The van der Waals surface area contributed by atoms with E-state index in [4.69, 9.17) is 4.74 Å². The summed E-state index contributed by atoms with van der Waals surface area (Å²) < 4.78 is 33.3. The van der Waals surface area contributed by atoms with Gasteiger partial charge in [0, 0.05) is 5.56 Å². The lowest BCUT2D eigenvalue weighted by Gasteiger charge is -2.24. The van der Waals surface area contributed by atoms with Crippen LogP contribution in [0.2, 0.25) is 0 Å². The minimum atomic E-state index is -3.99. The van der Waals surface area contributed by atoms with Gasteiger partial charge in [-0.3, -0.25) is 9.10 Å². The van der Waals surface area contributed by atoms with Crippen molar-refractivity contribution in [2.45, 2.75) is 31.6 Å². The number of nitrogens with zero attached hydrogens (tertiary/aromatic N) is 2. The van der Waals surface area contributed by atoms with Crippen LogP contribution in [0, 0.1) is 6.92 Å². The van der Waals surface area contributed by atoms with Gasteiger partial charge >= 0.3 is 0 Å². The SMILES string of the molecule is COc1ccccc1/C=N\NC(=O)CN(c1ccc(C(C)C)cc1)S(=O)(=O)c1ccc(C)cc1. The van der Waals surface area contributed by atoms with E-state index in [1.807, 2.05) is 31.2 Å². The lowest BCUT2D eigenvalue weighted by atomic mass is 10.0. The van der Waals surface area contributed by atoms with Gasteiger partial charge in [-0.25, -0.2) is 13.8 Å². The Morgan fingerprint density at radius 2 is 1.68 bits per heavy atom. The Balaban J connectivity index is 1.86. The van der Waals surface area contributed by atoms with Gasteiger partial charge < -0.3 is 4.74 Å². The fraction of sp³-hybridized carbons (Fsp3) is 0.231. The Morgan fingerprint density at radius 1 is 1.03 bits per heavy atom. The van der Waals surface area contributed by atoms with E-state index in [9.17, 15) is 13.2 Å². The number of sulfonamides is 1. The number of ether oxygens (including phenoxy) is 1. The summed E-state index contributed by atoms with van der Waals surface area (Å²) in [6, 6.07) is 20.9. The Kier molecular flexibility index (Phi) is 8.07. The van der Waals surface area contributed by atoms with E-state index in [2.05, 4.69) is 24.4 Å². The molecule has 0 aliphatic carbocycles. The number of para-hydroxylation sites is 1. The predicted octanol–water partition coefficient (Wildman–Crippen LogP) is 4.47. The van der Waals surface area contributed by atoms with Crippen LogP contribution in [0.4, 0.5) is 5.69 Å². The summed E-state index contributed by atoms with van der Waals surface area (Å²) in [6.07, 6.45) is 1.45. The standard InChI is InChI=1S/C26H29N3O4S/c1-19(2)21-11-13-23(14-12-21)29(34(31,32)24-15-9-20(3)10-16-24)18-26(30)28-27-17-22-7-5-6-8-25(22)33-4/h5-17,19H,18H2,1-4H3,(H,28,30)/b27-17-. The Bertz CT molecular complexity index is 1250. The molecule has 1 N–H and O–H groups in total. The first-order chi connectivity index (χ1) is 16.2. The summed E-state index contributed by atoms with van der Waals surface area (Å²) in [7, 11) is -2.44. The lowest BCUT2D eigenvalue weighted by molar-refractivity contribution is -0.119. The van der Waals surface area contributed by atoms with Gasteiger partial charge in [0.1, 0.15) is 12.3 Å². The van der Waals surface area contributed by atoms with Crippen molar-refractivity contribution in [2.24, 2.45) is 5.10 Å². The average molecular weight is 480 g/mol. The largest absolute Gasteiger partial charge is 0.496 e. The third-order valence-electron chi connectivity index (χ3n) is 5.28. The molecule has 0 atom stereocenters. The second-order valence-electron chi connectivity index (χ2n) is 8.11. The first kappa shape index (κ1) is 25.0. The molecule has 0 spiro atoms.